The van der Waals surface area contributed by atoms with E-state index in [2.05, 4.69) is 5.32 Å². The fraction of sp³-hybridized carbons (Fsp3) is 0.438. The van der Waals surface area contributed by atoms with Gasteiger partial charge in [0.1, 0.15) is 12.0 Å². The zero-order chi connectivity index (χ0) is 14.7. The van der Waals surface area contributed by atoms with Crippen molar-refractivity contribution in [1.82, 2.24) is 5.32 Å². The Hall–Kier alpha value is -2.17. The molecule has 1 aromatic rings. The van der Waals surface area contributed by atoms with Gasteiger partial charge in [-0.1, -0.05) is 19.3 Å². The van der Waals surface area contributed by atoms with Gasteiger partial charge in [-0.05, 0) is 25.0 Å². The molecule has 0 saturated heterocycles. The number of phenolic OH excluding ortho intramolecular Hbond substituents is 1. The van der Waals surface area contributed by atoms with Crippen LogP contribution in [0.25, 0.3) is 0 Å². The maximum Gasteiger partial charge on any atom is 0.223 e. The molecule has 1 aromatic carbocycles. The highest BCUT2D eigenvalue weighted by Crippen LogP contribution is 2.35. The van der Waals surface area contributed by atoms with Crippen LogP contribution in [0.4, 0.5) is 0 Å². The Morgan fingerprint density at radius 3 is 2.86 bits per heavy atom. The van der Waals surface area contributed by atoms with Crippen LogP contribution in [-0.4, -0.2) is 17.6 Å². The van der Waals surface area contributed by atoms with E-state index in [4.69, 9.17) is 9.47 Å². The van der Waals surface area contributed by atoms with Crippen molar-refractivity contribution in [2.45, 2.75) is 32.1 Å². The minimum absolute atomic E-state index is 0.0842. The summed E-state index contributed by atoms with van der Waals surface area (Å²) in [5.74, 6) is 1.86. The highest BCUT2D eigenvalue weighted by atomic mass is 16.6. The minimum Gasteiger partial charge on any atom is -0.508 e. The van der Waals surface area contributed by atoms with Crippen molar-refractivity contribution in [2.75, 3.05) is 6.54 Å². The zero-order valence-corrected chi connectivity index (χ0v) is 11.8. The maximum atomic E-state index is 12.1. The molecule has 0 radical (unpaired) electrons. The summed E-state index contributed by atoms with van der Waals surface area (Å²) in [6, 6.07) is 4.66. The maximum absolute atomic E-state index is 12.1. The van der Waals surface area contributed by atoms with Crippen LogP contribution in [0, 0.1) is 5.92 Å². The molecule has 5 heteroatoms. The Labute approximate surface area is 123 Å². The molecule has 3 rings (SSSR count). The van der Waals surface area contributed by atoms with E-state index in [9.17, 15) is 9.90 Å². The highest BCUT2D eigenvalue weighted by Gasteiger charge is 2.22. The summed E-state index contributed by atoms with van der Waals surface area (Å²) in [7, 11) is 0. The van der Waals surface area contributed by atoms with Crippen LogP contribution >= 0.6 is 0 Å². The lowest BCUT2D eigenvalue weighted by Crippen LogP contribution is -2.34. The first kappa shape index (κ1) is 13.8. The number of carbonyl (C=O) groups is 1. The molecule has 0 spiro atoms. The third-order valence-electron chi connectivity index (χ3n) is 3.90. The monoisotopic (exact) mass is 289 g/mol. The second-order valence-electron chi connectivity index (χ2n) is 5.49. The van der Waals surface area contributed by atoms with Crippen molar-refractivity contribution < 1.29 is 19.4 Å². The minimum atomic E-state index is 0.0842. The van der Waals surface area contributed by atoms with Crippen molar-refractivity contribution in [3.63, 3.8) is 0 Å². The zero-order valence-electron chi connectivity index (χ0n) is 11.8. The van der Waals surface area contributed by atoms with Gasteiger partial charge in [-0.3, -0.25) is 4.79 Å². The van der Waals surface area contributed by atoms with E-state index in [1.807, 2.05) is 0 Å². The lowest BCUT2D eigenvalue weighted by atomic mass is 9.89. The number of hydrogen-bond acceptors (Lipinski definition) is 4. The molecular formula is C16H19NO4. The van der Waals surface area contributed by atoms with Gasteiger partial charge >= 0.3 is 0 Å². The van der Waals surface area contributed by atoms with E-state index in [0.717, 1.165) is 25.7 Å². The molecule has 0 unspecified atom stereocenters. The molecule has 5 nitrogen and oxygen atoms in total. The number of fused-ring (bicyclic) bond motifs is 1. The second-order valence-corrected chi connectivity index (χ2v) is 5.49. The smallest absolute Gasteiger partial charge is 0.223 e. The van der Waals surface area contributed by atoms with Gasteiger partial charge in [-0.15, -0.1) is 0 Å². The lowest BCUT2D eigenvalue weighted by molar-refractivity contribution is -0.125. The third kappa shape index (κ3) is 3.29. The van der Waals surface area contributed by atoms with Gasteiger partial charge in [0.2, 0.25) is 5.91 Å². The first-order valence-corrected chi connectivity index (χ1v) is 7.36. The van der Waals surface area contributed by atoms with Gasteiger partial charge < -0.3 is 19.9 Å². The predicted octanol–water partition coefficient (Wildman–Crippen LogP) is 2.70. The van der Waals surface area contributed by atoms with Gasteiger partial charge in [0, 0.05) is 12.0 Å². The van der Waals surface area contributed by atoms with Crippen molar-refractivity contribution in [3.8, 4) is 17.2 Å². The van der Waals surface area contributed by atoms with Gasteiger partial charge in [-0.25, -0.2) is 0 Å². The number of aromatic hydroxyl groups is 1. The van der Waals surface area contributed by atoms with E-state index < -0.39 is 0 Å². The Morgan fingerprint density at radius 2 is 2.05 bits per heavy atom. The first-order valence-electron chi connectivity index (χ1n) is 7.36. The highest BCUT2D eigenvalue weighted by molar-refractivity contribution is 5.78. The van der Waals surface area contributed by atoms with Crippen molar-refractivity contribution >= 4 is 5.91 Å². The number of rotatable bonds is 3. The lowest BCUT2D eigenvalue weighted by Gasteiger charge is -2.22. The number of carbonyl (C=O) groups excluding carboxylic acids is 1. The number of benzene rings is 1. The van der Waals surface area contributed by atoms with Gasteiger partial charge in [0.05, 0.1) is 6.54 Å². The molecule has 1 aliphatic heterocycles. The summed E-state index contributed by atoms with van der Waals surface area (Å²) in [5, 5.41) is 12.3. The summed E-state index contributed by atoms with van der Waals surface area (Å²) in [4.78, 5) is 12.1. The van der Waals surface area contributed by atoms with E-state index in [1.54, 1.807) is 6.07 Å². The summed E-state index contributed by atoms with van der Waals surface area (Å²) >= 11 is 0. The quantitative estimate of drug-likeness (QED) is 0.897. The van der Waals surface area contributed by atoms with Gasteiger partial charge in [0.25, 0.3) is 0 Å². The fourth-order valence-electron chi connectivity index (χ4n) is 2.73. The topological polar surface area (TPSA) is 67.8 Å². The van der Waals surface area contributed by atoms with Crippen molar-refractivity contribution in [1.29, 1.82) is 0 Å². The second kappa shape index (κ2) is 6.08. The van der Waals surface area contributed by atoms with E-state index in [1.165, 1.54) is 24.8 Å². The number of amides is 1. The number of ether oxygens (including phenoxy) is 2. The van der Waals surface area contributed by atoms with Gasteiger partial charge in [-0.2, -0.15) is 0 Å². The Morgan fingerprint density at radius 1 is 1.24 bits per heavy atom. The first-order chi connectivity index (χ1) is 10.2. The van der Waals surface area contributed by atoms with Crippen LogP contribution in [0.2, 0.25) is 0 Å². The molecule has 1 heterocycles. The van der Waals surface area contributed by atoms with Crippen LogP contribution < -0.4 is 14.8 Å². The largest absolute Gasteiger partial charge is 0.508 e. The van der Waals surface area contributed by atoms with Crippen LogP contribution in [0.1, 0.15) is 32.1 Å². The molecule has 1 saturated carbocycles. The van der Waals surface area contributed by atoms with Crippen molar-refractivity contribution in [3.05, 3.63) is 30.2 Å². The normalized spacial score (nSPS) is 18.0. The molecule has 0 bridgehead atoms. The molecule has 1 aliphatic carbocycles. The summed E-state index contributed by atoms with van der Waals surface area (Å²) in [6.07, 6.45) is 6.92. The third-order valence-corrected chi connectivity index (χ3v) is 3.90. The molecule has 0 atom stereocenters. The average molecular weight is 289 g/mol. The van der Waals surface area contributed by atoms with E-state index in [-0.39, 0.29) is 17.6 Å². The number of phenols is 1. The molecule has 1 fully saturated rings. The SMILES string of the molecule is O=C(NCC1=COc2ccc(O)cc2O1)C1CCCCC1. The Kier molecular flexibility index (Phi) is 3.99. The summed E-state index contributed by atoms with van der Waals surface area (Å²) < 4.78 is 11.0. The summed E-state index contributed by atoms with van der Waals surface area (Å²) in [6.45, 7) is 0.296. The molecule has 2 N–H and O–H groups in total. The fourth-order valence-corrected chi connectivity index (χ4v) is 2.73. The average Bonchev–Trinajstić information content (AvgIpc) is 2.53. The van der Waals surface area contributed by atoms with Gasteiger partial charge in [0.15, 0.2) is 17.3 Å². The molecule has 21 heavy (non-hydrogen) atoms. The Balaban J connectivity index is 1.54. The molecule has 2 aliphatic rings. The van der Waals surface area contributed by atoms with Crippen molar-refractivity contribution in [2.24, 2.45) is 5.92 Å². The molecule has 112 valence electrons. The van der Waals surface area contributed by atoms with Crippen LogP contribution in [0.5, 0.6) is 17.2 Å². The molecule has 1 amide bonds. The summed E-state index contributed by atoms with van der Waals surface area (Å²) in [5.41, 5.74) is 0. The van der Waals surface area contributed by atoms with Crippen LogP contribution in [0.3, 0.4) is 0 Å². The standard InChI is InChI=1S/C16H19NO4/c18-12-6-7-14-15(8-12)21-13(10-20-14)9-17-16(19)11-4-2-1-3-5-11/h6-8,10-11,18H,1-5,9H2,(H,17,19). The Bertz CT molecular complexity index is 561. The predicted molar refractivity (Wildman–Crippen MR) is 77.0 cm³/mol. The number of hydrogen-bond donors (Lipinski definition) is 2. The number of nitrogens with one attached hydrogen (secondary N) is 1. The van der Waals surface area contributed by atoms with E-state index in [0.29, 0.717) is 23.8 Å². The van der Waals surface area contributed by atoms with Crippen LogP contribution in [-0.2, 0) is 4.79 Å². The molecule has 0 aromatic heterocycles. The van der Waals surface area contributed by atoms with Crippen LogP contribution in [0.15, 0.2) is 30.2 Å². The molecular weight excluding hydrogens is 270 g/mol. The van der Waals surface area contributed by atoms with E-state index >= 15 is 0 Å².